The normalized spacial score (nSPS) is 23.7. The van der Waals surface area contributed by atoms with Crippen LogP contribution in [0.5, 0.6) is 0 Å². The molecule has 0 saturated carbocycles. The van der Waals surface area contributed by atoms with Gasteiger partial charge in [-0.15, -0.1) is 0 Å². The van der Waals surface area contributed by atoms with Crippen LogP contribution in [0, 0.1) is 0 Å². The summed E-state index contributed by atoms with van der Waals surface area (Å²) >= 11 is 0. The van der Waals surface area contributed by atoms with Crippen molar-refractivity contribution in [2.24, 2.45) is 0 Å². The highest BCUT2D eigenvalue weighted by Gasteiger charge is 2.29. The predicted molar refractivity (Wildman–Crippen MR) is 69.1 cm³/mol. The highest BCUT2D eigenvalue weighted by atomic mass is 16.2. The van der Waals surface area contributed by atoms with E-state index in [1.54, 1.807) is 4.90 Å². The maximum absolute atomic E-state index is 12.3. The Balaban J connectivity index is 1.92. The summed E-state index contributed by atoms with van der Waals surface area (Å²) in [6.45, 7) is 5.78. The largest absolute Gasteiger partial charge is 0.337 e. The Morgan fingerprint density at radius 1 is 1.56 bits per heavy atom. The first kappa shape index (κ1) is 13.3. The zero-order valence-electron chi connectivity index (χ0n) is 11.2. The minimum Gasteiger partial charge on any atom is -0.337 e. The molecule has 0 bridgehead atoms. The fourth-order valence-electron chi connectivity index (χ4n) is 2.78. The van der Waals surface area contributed by atoms with E-state index in [1.165, 1.54) is 0 Å². The SMILES string of the molecule is CCCN(C(=O)CN1CCCC1=O)C1CCNC1. The van der Waals surface area contributed by atoms with Crippen molar-refractivity contribution < 1.29 is 9.59 Å². The van der Waals surface area contributed by atoms with Crippen LogP contribution in [0.4, 0.5) is 0 Å². The second kappa shape index (κ2) is 6.18. The molecule has 2 fully saturated rings. The van der Waals surface area contributed by atoms with E-state index < -0.39 is 0 Å². The minimum atomic E-state index is 0.112. The first-order valence-corrected chi connectivity index (χ1v) is 7.00. The lowest BCUT2D eigenvalue weighted by Gasteiger charge is -2.30. The summed E-state index contributed by atoms with van der Waals surface area (Å²) in [6.07, 6.45) is 3.49. The Labute approximate surface area is 108 Å². The summed E-state index contributed by atoms with van der Waals surface area (Å²) in [4.78, 5) is 27.5. The Morgan fingerprint density at radius 2 is 2.39 bits per heavy atom. The van der Waals surface area contributed by atoms with Gasteiger partial charge in [0.2, 0.25) is 11.8 Å². The van der Waals surface area contributed by atoms with Gasteiger partial charge in [-0.2, -0.15) is 0 Å². The van der Waals surface area contributed by atoms with Crippen LogP contribution in [0.2, 0.25) is 0 Å². The quantitative estimate of drug-likeness (QED) is 0.762. The zero-order chi connectivity index (χ0) is 13.0. The molecule has 0 aliphatic carbocycles. The molecule has 5 nitrogen and oxygen atoms in total. The summed E-state index contributed by atoms with van der Waals surface area (Å²) < 4.78 is 0. The fourth-order valence-corrected chi connectivity index (χ4v) is 2.78. The van der Waals surface area contributed by atoms with E-state index in [-0.39, 0.29) is 18.4 Å². The van der Waals surface area contributed by atoms with Crippen LogP contribution in [0.25, 0.3) is 0 Å². The number of nitrogens with one attached hydrogen (secondary N) is 1. The topological polar surface area (TPSA) is 52.7 Å². The van der Waals surface area contributed by atoms with Gasteiger partial charge in [-0.3, -0.25) is 9.59 Å². The van der Waals surface area contributed by atoms with Crippen molar-refractivity contribution in [3.63, 3.8) is 0 Å². The van der Waals surface area contributed by atoms with Gasteiger partial charge in [-0.25, -0.2) is 0 Å². The molecule has 2 saturated heterocycles. The molecule has 1 N–H and O–H groups in total. The Morgan fingerprint density at radius 3 is 2.94 bits per heavy atom. The van der Waals surface area contributed by atoms with Gasteiger partial charge in [-0.05, 0) is 25.8 Å². The highest BCUT2D eigenvalue weighted by Crippen LogP contribution is 2.13. The number of likely N-dealkylation sites (tertiary alicyclic amines) is 1. The molecular weight excluding hydrogens is 230 g/mol. The van der Waals surface area contributed by atoms with Crippen LogP contribution in [0.15, 0.2) is 0 Å². The molecule has 2 aliphatic rings. The Kier molecular flexibility index (Phi) is 4.58. The van der Waals surface area contributed by atoms with Gasteiger partial charge in [0, 0.05) is 32.1 Å². The molecule has 1 unspecified atom stereocenters. The number of rotatable bonds is 5. The van der Waals surface area contributed by atoms with E-state index in [0.29, 0.717) is 12.5 Å². The Hall–Kier alpha value is -1.10. The minimum absolute atomic E-state index is 0.112. The third-order valence-electron chi connectivity index (χ3n) is 3.76. The smallest absolute Gasteiger partial charge is 0.242 e. The van der Waals surface area contributed by atoms with Gasteiger partial charge in [0.25, 0.3) is 0 Å². The lowest BCUT2D eigenvalue weighted by molar-refractivity contribution is -0.139. The van der Waals surface area contributed by atoms with Crippen LogP contribution in [0.1, 0.15) is 32.6 Å². The number of nitrogens with zero attached hydrogens (tertiary/aromatic N) is 2. The number of hydrogen-bond donors (Lipinski definition) is 1. The molecule has 0 radical (unpaired) electrons. The first-order valence-electron chi connectivity index (χ1n) is 7.00. The maximum atomic E-state index is 12.3. The lowest BCUT2D eigenvalue weighted by atomic mass is 10.2. The molecular formula is C13H23N3O2. The van der Waals surface area contributed by atoms with Crippen molar-refractivity contribution in [3.8, 4) is 0 Å². The zero-order valence-corrected chi connectivity index (χ0v) is 11.2. The van der Waals surface area contributed by atoms with Crippen molar-refractivity contribution in [3.05, 3.63) is 0 Å². The van der Waals surface area contributed by atoms with Crippen molar-refractivity contribution in [2.75, 3.05) is 32.7 Å². The second-order valence-corrected chi connectivity index (χ2v) is 5.15. The molecule has 5 heteroatoms. The Bertz CT molecular complexity index is 313. The van der Waals surface area contributed by atoms with Crippen LogP contribution in [0.3, 0.4) is 0 Å². The van der Waals surface area contributed by atoms with Gasteiger partial charge < -0.3 is 15.1 Å². The van der Waals surface area contributed by atoms with Crippen LogP contribution >= 0.6 is 0 Å². The third-order valence-corrected chi connectivity index (χ3v) is 3.76. The van der Waals surface area contributed by atoms with Gasteiger partial charge >= 0.3 is 0 Å². The summed E-state index contributed by atoms with van der Waals surface area (Å²) in [6, 6.07) is 0.315. The number of carbonyl (C=O) groups excluding carboxylic acids is 2. The van der Waals surface area contributed by atoms with Crippen LogP contribution < -0.4 is 5.32 Å². The van der Waals surface area contributed by atoms with Crippen molar-refractivity contribution in [1.29, 1.82) is 0 Å². The molecule has 1 atom stereocenters. The third kappa shape index (κ3) is 3.02. The van der Waals surface area contributed by atoms with E-state index in [2.05, 4.69) is 12.2 Å². The first-order chi connectivity index (χ1) is 8.72. The molecule has 0 aromatic rings. The van der Waals surface area contributed by atoms with Crippen LogP contribution in [-0.2, 0) is 9.59 Å². The average Bonchev–Trinajstić information content (AvgIpc) is 2.99. The summed E-state index contributed by atoms with van der Waals surface area (Å²) in [5.74, 6) is 0.241. The van der Waals surface area contributed by atoms with Crippen molar-refractivity contribution in [2.45, 2.75) is 38.6 Å². The van der Waals surface area contributed by atoms with E-state index in [1.807, 2.05) is 4.90 Å². The fraction of sp³-hybridized carbons (Fsp3) is 0.846. The molecule has 2 heterocycles. The van der Waals surface area contributed by atoms with E-state index in [4.69, 9.17) is 0 Å². The molecule has 102 valence electrons. The monoisotopic (exact) mass is 253 g/mol. The molecule has 18 heavy (non-hydrogen) atoms. The molecule has 0 aromatic heterocycles. The van der Waals surface area contributed by atoms with Gasteiger partial charge in [0.1, 0.15) is 0 Å². The summed E-state index contributed by atoms with van der Waals surface area (Å²) in [5, 5.41) is 3.29. The molecule has 0 aromatic carbocycles. The average molecular weight is 253 g/mol. The molecule has 2 amide bonds. The molecule has 2 aliphatic heterocycles. The molecule has 2 rings (SSSR count). The highest BCUT2D eigenvalue weighted by molar-refractivity contribution is 5.86. The van der Waals surface area contributed by atoms with Crippen molar-refractivity contribution in [1.82, 2.24) is 15.1 Å². The van der Waals surface area contributed by atoms with Gasteiger partial charge in [0.15, 0.2) is 0 Å². The van der Waals surface area contributed by atoms with E-state index >= 15 is 0 Å². The van der Waals surface area contributed by atoms with Crippen LogP contribution in [-0.4, -0.2) is 60.4 Å². The maximum Gasteiger partial charge on any atom is 0.242 e. The van der Waals surface area contributed by atoms with Crippen molar-refractivity contribution >= 4 is 11.8 Å². The standard InChI is InChI=1S/C13H23N3O2/c1-2-7-16(11-5-6-14-9-11)13(18)10-15-8-3-4-12(15)17/h11,14H,2-10H2,1H3. The predicted octanol–water partition coefficient (Wildman–Crippen LogP) is 0.209. The summed E-state index contributed by atoms with van der Waals surface area (Å²) in [5.41, 5.74) is 0. The number of amides is 2. The van der Waals surface area contributed by atoms with E-state index in [9.17, 15) is 9.59 Å². The van der Waals surface area contributed by atoms with E-state index in [0.717, 1.165) is 45.4 Å². The van der Waals surface area contributed by atoms with Gasteiger partial charge in [0.05, 0.1) is 6.54 Å². The lowest BCUT2D eigenvalue weighted by Crippen LogP contribution is -2.47. The summed E-state index contributed by atoms with van der Waals surface area (Å²) in [7, 11) is 0. The number of carbonyl (C=O) groups is 2. The number of hydrogen-bond acceptors (Lipinski definition) is 3. The molecule has 0 spiro atoms. The second-order valence-electron chi connectivity index (χ2n) is 5.15. The van der Waals surface area contributed by atoms with Gasteiger partial charge in [-0.1, -0.05) is 6.92 Å².